The molecule has 6 heteroatoms. The van der Waals surface area contributed by atoms with E-state index in [1.54, 1.807) is 19.2 Å². The number of hydrogen-bond donors (Lipinski definition) is 1. The fraction of sp³-hybridized carbons (Fsp3) is 0.105. The zero-order valence-electron chi connectivity index (χ0n) is 13.7. The molecule has 1 amide bonds. The maximum absolute atomic E-state index is 12.9. The molecule has 1 aromatic heterocycles. The van der Waals surface area contributed by atoms with Gasteiger partial charge in [-0.3, -0.25) is 4.79 Å². The third-order valence-electron chi connectivity index (χ3n) is 3.71. The van der Waals surface area contributed by atoms with Crippen molar-refractivity contribution in [2.24, 2.45) is 0 Å². The summed E-state index contributed by atoms with van der Waals surface area (Å²) in [5, 5.41) is 3.09. The second kappa shape index (κ2) is 7.53. The molecule has 5 nitrogen and oxygen atoms in total. The van der Waals surface area contributed by atoms with Crippen molar-refractivity contribution in [1.29, 1.82) is 0 Å². The Hall–Kier alpha value is -3.28. The average molecular weight is 336 g/mol. The fourth-order valence-electron chi connectivity index (χ4n) is 2.27. The van der Waals surface area contributed by atoms with Gasteiger partial charge in [-0.2, -0.15) is 0 Å². The molecule has 25 heavy (non-hydrogen) atoms. The number of nitrogens with one attached hydrogen (secondary N) is 1. The molecule has 0 atom stereocenters. The number of carbonyl (C=O) groups is 1. The highest BCUT2D eigenvalue weighted by Crippen LogP contribution is 2.14. The quantitative estimate of drug-likeness (QED) is 0.775. The first-order valence-electron chi connectivity index (χ1n) is 7.77. The molecule has 0 saturated carbocycles. The van der Waals surface area contributed by atoms with Gasteiger partial charge in [0.05, 0.1) is 12.4 Å². The monoisotopic (exact) mass is 336 g/mol. The normalized spacial score (nSPS) is 10.3. The maximum atomic E-state index is 12.9. The highest BCUT2D eigenvalue weighted by molar-refractivity contribution is 6.04. The summed E-state index contributed by atoms with van der Waals surface area (Å²) in [5.74, 6) is 0.0426. The van der Waals surface area contributed by atoms with Crippen LogP contribution in [-0.4, -0.2) is 22.9 Å². The molecule has 0 radical (unpaired) electrons. The SMILES string of the molecule is CN(C(=O)c1cnc(NCc2ccc(F)cc2)cn1)c1ccccc1. The molecule has 3 aromatic rings. The maximum Gasteiger partial charge on any atom is 0.278 e. The second-order valence-corrected chi connectivity index (χ2v) is 5.47. The van der Waals surface area contributed by atoms with Crippen LogP contribution in [-0.2, 0) is 6.54 Å². The molecule has 0 aliphatic rings. The summed E-state index contributed by atoms with van der Waals surface area (Å²) < 4.78 is 12.9. The van der Waals surface area contributed by atoms with Crippen molar-refractivity contribution in [3.05, 3.63) is 84.1 Å². The van der Waals surface area contributed by atoms with Crippen LogP contribution in [0, 0.1) is 5.82 Å². The van der Waals surface area contributed by atoms with Gasteiger partial charge in [-0.15, -0.1) is 0 Å². The van der Waals surface area contributed by atoms with E-state index in [1.807, 2.05) is 30.3 Å². The zero-order valence-corrected chi connectivity index (χ0v) is 13.7. The number of aromatic nitrogens is 2. The molecular weight excluding hydrogens is 319 g/mol. The lowest BCUT2D eigenvalue weighted by molar-refractivity contribution is 0.0988. The van der Waals surface area contributed by atoms with Crippen molar-refractivity contribution < 1.29 is 9.18 Å². The Bertz CT molecular complexity index is 836. The van der Waals surface area contributed by atoms with Gasteiger partial charge in [-0.25, -0.2) is 14.4 Å². The summed E-state index contributed by atoms with van der Waals surface area (Å²) in [7, 11) is 1.69. The van der Waals surface area contributed by atoms with Gasteiger partial charge in [0, 0.05) is 19.3 Å². The van der Waals surface area contributed by atoms with Gasteiger partial charge >= 0.3 is 0 Å². The lowest BCUT2D eigenvalue weighted by Crippen LogP contribution is -2.27. The Morgan fingerprint density at radius 1 is 1.04 bits per heavy atom. The summed E-state index contributed by atoms with van der Waals surface area (Å²) in [6, 6.07) is 15.5. The van der Waals surface area contributed by atoms with Crippen LogP contribution in [0.2, 0.25) is 0 Å². The molecule has 3 rings (SSSR count). The Morgan fingerprint density at radius 3 is 2.40 bits per heavy atom. The molecule has 0 saturated heterocycles. The third-order valence-corrected chi connectivity index (χ3v) is 3.71. The smallest absolute Gasteiger partial charge is 0.278 e. The summed E-state index contributed by atoms with van der Waals surface area (Å²) in [6.07, 6.45) is 2.95. The Labute approximate surface area is 145 Å². The number of carbonyl (C=O) groups excluding carboxylic acids is 1. The van der Waals surface area contributed by atoms with E-state index in [1.165, 1.54) is 29.4 Å². The number of hydrogen-bond acceptors (Lipinski definition) is 4. The first kappa shape index (κ1) is 16.6. The van der Waals surface area contributed by atoms with Crippen LogP contribution in [0.4, 0.5) is 15.9 Å². The van der Waals surface area contributed by atoms with E-state index in [4.69, 9.17) is 0 Å². The fourth-order valence-corrected chi connectivity index (χ4v) is 2.27. The third kappa shape index (κ3) is 4.17. The van der Waals surface area contributed by atoms with Crippen molar-refractivity contribution in [2.45, 2.75) is 6.54 Å². The number of rotatable bonds is 5. The van der Waals surface area contributed by atoms with Crippen LogP contribution in [0.15, 0.2) is 67.0 Å². The van der Waals surface area contributed by atoms with Crippen LogP contribution in [0.25, 0.3) is 0 Å². The second-order valence-electron chi connectivity index (χ2n) is 5.47. The van der Waals surface area contributed by atoms with Gasteiger partial charge in [-0.05, 0) is 29.8 Å². The van der Waals surface area contributed by atoms with E-state index in [2.05, 4.69) is 15.3 Å². The van der Waals surface area contributed by atoms with Crippen LogP contribution in [0.5, 0.6) is 0 Å². The van der Waals surface area contributed by atoms with Crippen molar-refractivity contribution in [2.75, 3.05) is 17.3 Å². The molecule has 2 aromatic carbocycles. The van der Waals surface area contributed by atoms with Crippen LogP contribution in [0.1, 0.15) is 16.1 Å². The molecule has 0 aliphatic heterocycles. The van der Waals surface area contributed by atoms with E-state index >= 15 is 0 Å². The van der Waals surface area contributed by atoms with Gasteiger partial charge in [-0.1, -0.05) is 30.3 Å². The number of para-hydroxylation sites is 1. The molecule has 1 heterocycles. The van der Waals surface area contributed by atoms with E-state index in [-0.39, 0.29) is 17.4 Å². The van der Waals surface area contributed by atoms with Crippen molar-refractivity contribution in [3.63, 3.8) is 0 Å². The van der Waals surface area contributed by atoms with Gasteiger partial charge < -0.3 is 10.2 Å². The van der Waals surface area contributed by atoms with Crippen LogP contribution < -0.4 is 10.2 Å². The topological polar surface area (TPSA) is 58.1 Å². The molecular formula is C19H17FN4O. The van der Waals surface area contributed by atoms with Crippen LogP contribution >= 0.6 is 0 Å². The van der Waals surface area contributed by atoms with Gasteiger partial charge in [0.2, 0.25) is 0 Å². The minimum Gasteiger partial charge on any atom is -0.365 e. The Kier molecular flexibility index (Phi) is 4.99. The average Bonchev–Trinajstić information content (AvgIpc) is 2.67. The van der Waals surface area contributed by atoms with Gasteiger partial charge in [0.1, 0.15) is 17.3 Å². The van der Waals surface area contributed by atoms with Crippen LogP contribution in [0.3, 0.4) is 0 Å². The molecule has 0 bridgehead atoms. The molecule has 0 aliphatic carbocycles. The Morgan fingerprint density at radius 2 is 1.76 bits per heavy atom. The minimum absolute atomic E-state index is 0.233. The lowest BCUT2D eigenvalue weighted by atomic mass is 10.2. The predicted molar refractivity (Wildman–Crippen MR) is 94.9 cm³/mol. The van der Waals surface area contributed by atoms with E-state index in [0.717, 1.165) is 11.3 Å². The highest BCUT2D eigenvalue weighted by Gasteiger charge is 2.15. The molecule has 126 valence electrons. The largest absolute Gasteiger partial charge is 0.365 e. The summed E-state index contributed by atoms with van der Waals surface area (Å²) in [6.45, 7) is 0.492. The molecule has 0 spiro atoms. The standard InChI is InChI=1S/C19H17FN4O/c1-24(16-5-3-2-4-6-16)19(25)17-12-23-18(13-21-17)22-11-14-7-9-15(20)10-8-14/h2-10,12-13H,11H2,1H3,(H,22,23). The van der Waals surface area contributed by atoms with Crippen molar-refractivity contribution >= 4 is 17.4 Å². The van der Waals surface area contributed by atoms with Crippen molar-refractivity contribution in [1.82, 2.24) is 9.97 Å². The highest BCUT2D eigenvalue weighted by atomic mass is 19.1. The number of halogens is 1. The zero-order chi connectivity index (χ0) is 17.6. The summed E-state index contributed by atoms with van der Waals surface area (Å²) >= 11 is 0. The van der Waals surface area contributed by atoms with Crippen molar-refractivity contribution in [3.8, 4) is 0 Å². The minimum atomic E-state index is -0.269. The van der Waals surface area contributed by atoms with E-state index in [9.17, 15) is 9.18 Å². The van der Waals surface area contributed by atoms with E-state index < -0.39 is 0 Å². The summed E-state index contributed by atoms with van der Waals surface area (Å²) in [4.78, 5) is 22.3. The molecule has 0 fully saturated rings. The molecule has 1 N–H and O–H groups in total. The lowest BCUT2D eigenvalue weighted by Gasteiger charge is -2.16. The number of benzene rings is 2. The number of amides is 1. The van der Waals surface area contributed by atoms with Gasteiger partial charge in [0.15, 0.2) is 0 Å². The number of anilines is 2. The molecule has 0 unspecified atom stereocenters. The van der Waals surface area contributed by atoms with Gasteiger partial charge in [0.25, 0.3) is 5.91 Å². The Balaban J connectivity index is 1.63. The summed E-state index contributed by atoms with van der Waals surface area (Å²) in [5.41, 5.74) is 1.97. The predicted octanol–water partition coefficient (Wildman–Crippen LogP) is 3.50. The first-order chi connectivity index (χ1) is 12.1. The first-order valence-corrected chi connectivity index (χ1v) is 7.77. The number of nitrogens with zero attached hydrogens (tertiary/aromatic N) is 3. The van der Waals surface area contributed by atoms with E-state index in [0.29, 0.717) is 12.4 Å².